The Labute approximate surface area is 183 Å². The van der Waals surface area contributed by atoms with E-state index in [0.717, 1.165) is 0 Å². The van der Waals surface area contributed by atoms with E-state index < -0.39 is 30.3 Å². The molecule has 1 saturated heterocycles. The zero-order valence-corrected chi connectivity index (χ0v) is 17.3. The largest absolute Gasteiger partial charge is 0.497 e. The Hall–Kier alpha value is -3.59. The van der Waals surface area contributed by atoms with Crippen LogP contribution < -0.4 is 20.5 Å². The first-order valence-corrected chi connectivity index (χ1v) is 9.71. The molecule has 2 aromatic carbocycles. The van der Waals surface area contributed by atoms with Gasteiger partial charge in [0.2, 0.25) is 5.91 Å². The second-order valence-corrected chi connectivity index (χ2v) is 7.16. The van der Waals surface area contributed by atoms with Crippen LogP contribution in [0.3, 0.4) is 0 Å². The minimum Gasteiger partial charge on any atom is -0.497 e. The number of esters is 1. The first-order valence-electron chi connectivity index (χ1n) is 9.33. The fraction of sp³-hybridized carbons (Fsp3) is 0.238. The van der Waals surface area contributed by atoms with Gasteiger partial charge in [0.05, 0.1) is 13.0 Å². The lowest BCUT2D eigenvalue weighted by Crippen LogP contribution is -2.43. The molecule has 3 amide bonds. The van der Waals surface area contributed by atoms with Crippen molar-refractivity contribution in [1.82, 2.24) is 10.9 Å². The summed E-state index contributed by atoms with van der Waals surface area (Å²) in [6.07, 6.45) is -0.0141. The molecule has 9 nitrogen and oxygen atoms in total. The maximum Gasteiger partial charge on any atom is 0.311 e. The van der Waals surface area contributed by atoms with Crippen LogP contribution >= 0.6 is 11.6 Å². The molecule has 0 aliphatic carbocycles. The van der Waals surface area contributed by atoms with E-state index in [4.69, 9.17) is 21.1 Å². The van der Waals surface area contributed by atoms with Gasteiger partial charge in [0.1, 0.15) is 5.75 Å². The van der Waals surface area contributed by atoms with Gasteiger partial charge in [-0.2, -0.15) is 0 Å². The first-order chi connectivity index (χ1) is 14.9. The lowest BCUT2D eigenvalue weighted by molar-refractivity contribution is -0.152. The zero-order valence-electron chi connectivity index (χ0n) is 16.6. The fourth-order valence-electron chi connectivity index (χ4n) is 2.97. The number of halogens is 1. The van der Waals surface area contributed by atoms with E-state index in [1.54, 1.807) is 31.4 Å². The van der Waals surface area contributed by atoms with Gasteiger partial charge in [-0.25, -0.2) is 0 Å². The molecule has 0 saturated carbocycles. The van der Waals surface area contributed by atoms with E-state index in [-0.39, 0.29) is 18.9 Å². The van der Waals surface area contributed by atoms with Crippen LogP contribution in [0.25, 0.3) is 0 Å². The summed E-state index contributed by atoms with van der Waals surface area (Å²) >= 11 is 5.75. The number of nitrogens with one attached hydrogen (secondary N) is 2. The predicted molar refractivity (Wildman–Crippen MR) is 111 cm³/mol. The molecule has 0 aromatic heterocycles. The monoisotopic (exact) mass is 445 g/mol. The van der Waals surface area contributed by atoms with Crippen molar-refractivity contribution in [3.05, 3.63) is 59.1 Å². The van der Waals surface area contributed by atoms with Crippen LogP contribution in [0.4, 0.5) is 5.69 Å². The highest BCUT2D eigenvalue weighted by Crippen LogP contribution is 2.27. The number of hydrogen-bond donors (Lipinski definition) is 2. The summed E-state index contributed by atoms with van der Waals surface area (Å²) in [6.45, 7) is -0.439. The van der Waals surface area contributed by atoms with E-state index in [0.29, 0.717) is 22.0 Å². The van der Waals surface area contributed by atoms with Gasteiger partial charge in [0, 0.05) is 29.2 Å². The van der Waals surface area contributed by atoms with Crippen LogP contribution in [0.1, 0.15) is 16.8 Å². The summed E-state index contributed by atoms with van der Waals surface area (Å²) in [5, 5.41) is 0.475. The van der Waals surface area contributed by atoms with Crippen LogP contribution in [0.15, 0.2) is 48.5 Å². The lowest BCUT2D eigenvalue weighted by atomic mass is 10.1. The second kappa shape index (κ2) is 9.94. The Morgan fingerprint density at radius 2 is 1.74 bits per heavy atom. The van der Waals surface area contributed by atoms with Crippen LogP contribution in [0.5, 0.6) is 5.75 Å². The molecular weight excluding hydrogens is 426 g/mol. The minimum absolute atomic E-state index is 0.0141. The van der Waals surface area contributed by atoms with E-state index in [2.05, 4.69) is 10.9 Å². The molecule has 10 heteroatoms. The molecule has 1 heterocycles. The molecule has 31 heavy (non-hydrogen) atoms. The van der Waals surface area contributed by atoms with E-state index in [1.165, 1.54) is 29.2 Å². The van der Waals surface area contributed by atoms with Gasteiger partial charge in [0.25, 0.3) is 11.8 Å². The van der Waals surface area contributed by atoms with E-state index >= 15 is 0 Å². The Kier molecular flexibility index (Phi) is 7.09. The third-order valence-electron chi connectivity index (χ3n) is 4.61. The van der Waals surface area contributed by atoms with Crippen molar-refractivity contribution >= 4 is 41.0 Å². The minimum atomic E-state index is -0.716. The summed E-state index contributed by atoms with van der Waals surface area (Å²) in [6, 6.07) is 13.0. The standard InChI is InChI=1S/C21H20ClN3O6/c1-30-17-8-6-16(7-9-17)25-11-14(10-19(25)27)21(29)31-12-18(26)23-24-20(28)13-2-4-15(22)5-3-13/h2-9,14H,10-12H2,1H3,(H,23,26)(H,24,28)/t14-/m0/s1. The smallest absolute Gasteiger partial charge is 0.311 e. The molecule has 1 aliphatic rings. The maximum absolute atomic E-state index is 12.3. The van der Waals surface area contributed by atoms with Crippen molar-refractivity contribution in [2.45, 2.75) is 6.42 Å². The molecule has 0 bridgehead atoms. The summed E-state index contributed by atoms with van der Waals surface area (Å²) in [4.78, 5) is 49.8. The van der Waals surface area contributed by atoms with Gasteiger partial charge in [-0.1, -0.05) is 11.6 Å². The van der Waals surface area contributed by atoms with Crippen molar-refractivity contribution in [3.63, 3.8) is 0 Å². The quantitative estimate of drug-likeness (QED) is 0.517. The molecule has 3 rings (SSSR count). The van der Waals surface area contributed by atoms with Crippen LogP contribution in [0.2, 0.25) is 5.02 Å². The zero-order chi connectivity index (χ0) is 22.4. The highest BCUT2D eigenvalue weighted by molar-refractivity contribution is 6.30. The normalized spacial score (nSPS) is 15.4. The van der Waals surface area contributed by atoms with Gasteiger partial charge in [-0.15, -0.1) is 0 Å². The predicted octanol–water partition coefficient (Wildman–Crippen LogP) is 1.71. The average Bonchev–Trinajstić information content (AvgIpc) is 3.18. The number of hydrogen-bond acceptors (Lipinski definition) is 6. The Morgan fingerprint density at radius 1 is 1.06 bits per heavy atom. The fourth-order valence-corrected chi connectivity index (χ4v) is 3.09. The molecule has 0 radical (unpaired) electrons. The summed E-state index contributed by atoms with van der Waals surface area (Å²) in [7, 11) is 1.54. The number of benzene rings is 2. The highest BCUT2D eigenvalue weighted by Gasteiger charge is 2.36. The van der Waals surface area contributed by atoms with Crippen molar-refractivity contribution in [2.75, 3.05) is 25.2 Å². The molecule has 0 spiro atoms. The van der Waals surface area contributed by atoms with E-state index in [9.17, 15) is 19.2 Å². The molecule has 162 valence electrons. The van der Waals surface area contributed by atoms with E-state index in [1.807, 2.05) is 0 Å². The van der Waals surface area contributed by atoms with Crippen molar-refractivity contribution in [2.24, 2.45) is 5.92 Å². The SMILES string of the molecule is COc1ccc(N2C[C@@H](C(=O)OCC(=O)NNC(=O)c3ccc(Cl)cc3)CC2=O)cc1. The summed E-state index contributed by atoms with van der Waals surface area (Å²) < 4.78 is 10.1. The van der Waals surface area contributed by atoms with Gasteiger partial charge in [-0.3, -0.25) is 30.0 Å². The van der Waals surface area contributed by atoms with Crippen LogP contribution in [-0.2, 0) is 19.1 Å². The third-order valence-corrected chi connectivity index (χ3v) is 4.86. The van der Waals surface area contributed by atoms with Gasteiger partial charge < -0.3 is 14.4 Å². The molecule has 0 unspecified atom stereocenters. The number of carbonyl (C=O) groups excluding carboxylic acids is 4. The van der Waals surface area contributed by atoms with Crippen molar-refractivity contribution in [1.29, 1.82) is 0 Å². The molecule has 2 aromatic rings. The summed E-state index contributed by atoms with van der Waals surface area (Å²) in [5.41, 5.74) is 5.31. The number of rotatable bonds is 6. The average molecular weight is 446 g/mol. The molecule has 1 aliphatic heterocycles. The number of anilines is 1. The van der Waals surface area contributed by atoms with Crippen LogP contribution in [-0.4, -0.2) is 44.0 Å². The summed E-state index contributed by atoms with van der Waals surface area (Å²) in [5.74, 6) is -2.18. The number of hydrazine groups is 1. The highest BCUT2D eigenvalue weighted by atomic mass is 35.5. The maximum atomic E-state index is 12.3. The Balaban J connectivity index is 1.44. The Morgan fingerprint density at radius 3 is 2.39 bits per heavy atom. The van der Waals surface area contributed by atoms with Gasteiger partial charge >= 0.3 is 5.97 Å². The number of ether oxygens (including phenoxy) is 2. The molecule has 2 N–H and O–H groups in total. The Bertz CT molecular complexity index is 978. The van der Waals surface area contributed by atoms with Gasteiger partial charge in [-0.05, 0) is 48.5 Å². The topological polar surface area (TPSA) is 114 Å². The molecule has 1 atom stereocenters. The second-order valence-electron chi connectivity index (χ2n) is 6.72. The number of amides is 3. The van der Waals surface area contributed by atoms with Crippen LogP contribution in [0, 0.1) is 5.92 Å². The number of methoxy groups -OCH3 is 1. The lowest BCUT2D eigenvalue weighted by Gasteiger charge is -2.17. The number of carbonyl (C=O) groups is 4. The van der Waals surface area contributed by atoms with Gasteiger partial charge in [0.15, 0.2) is 6.61 Å². The number of nitrogens with zero attached hydrogens (tertiary/aromatic N) is 1. The third kappa shape index (κ3) is 5.73. The molecular formula is C21H20ClN3O6. The molecule has 1 fully saturated rings. The van der Waals surface area contributed by atoms with Crippen molar-refractivity contribution < 1.29 is 28.7 Å². The first kappa shape index (κ1) is 22.1. The van der Waals surface area contributed by atoms with Crippen molar-refractivity contribution in [3.8, 4) is 5.75 Å².